The summed E-state index contributed by atoms with van der Waals surface area (Å²) in [6.45, 7) is 21.0. The fraction of sp³-hybridized carbons (Fsp3) is 0.950. The lowest BCUT2D eigenvalue weighted by Gasteiger charge is -2.32. The zero-order valence-corrected chi connectivity index (χ0v) is 18.2. The molecule has 6 heteroatoms. The molecule has 1 aliphatic rings. The Morgan fingerprint density at radius 2 is 1.65 bits per heavy atom. The SMILES string of the molecule is CCNC(=NCCCCN1CCN(C)CC1)NCCN(C(C)C)C(C)C. The molecule has 2 N–H and O–H groups in total. The van der Waals surface area contributed by atoms with Crippen LogP contribution in [0.4, 0.5) is 0 Å². The molecule has 1 fully saturated rings. The van der Waals surface area contributed by atoms with Gasteiger partial charge in [0.05, 0.1) is 0 Å². The number of unbranched alkanes of at least 4 members (excludes halogenated alkanes) is 1. The Bertz CT molecular complexity index is 366. The van der Waals surface area contributed by atoms with Gasteiger partial charge in [-0.25, -0.2) is 0 Å². The number of guanidine groups is 1. The molecule has 0 bridgehead atoms. The van der Waals surface area contributed by atoms with Crippen molar-refractivity contribution >= 4 is 5.96 Å². The molecule has 0 atom stereocenters. The average molecular weight is 369 g/mol. The van der Waals surface area contributed by atoms with Gasteiger partial charge >= 0.3 is 0 Å². The van der Waals surface area contributed by atoms with Crippen LogP contribution in [0.15, 0.2) is 4.99 Å². The lowest BCUT2D eigenvalue weighted by atomic mass is 10.2. The van der Waals surface area contributed by atoms with Crippen molar-refractivity contribution in [2.75, 3.05) is 66.0 Å². The van der Waals surface area contributed by atoms with Crippen LogP contribution in [0.1, 0.15) is 47.5 Å². The van der Waals surface area contributed by atoms with Crippen molar-refractivity contribution in [2.45, 2.75) is 59.5 Å². The Labute approximate surface area is 162 Å². The topological polar surface area (TPSA) is 46.1 Å². The number of hydrogen-bond donors (Lipinski definition) is 2. The summed E-state index contributed by atoms with van der Waals surface area (Å²) in [5, 5.41) is 6.85. The molecule has 0 unspecified atom stereocenters. The fourth-order valence-electron chi connectivity index (χ4n) is 3.47. The van der Waals surface area contributed by atoms with Gasteiger partial charge in [0, 0.05) is 64.4 Å². The summed E-state index contributed by atoms with van der Waals surface area (Å²) in [5.74, 6) is 0.958. The number of nitrogens with one attached hydrogen (secondary N) is 2. The van der Waals surface area contributed by atoms with Crippen LogP contribution in [0.25, 0.3) is 0 Å². The fourth-order valence-corrected chi connectivity index (χ4v) is 3.47. The molecule has 1 heterocycles. The number of likely N-dealkylation sites (N-methyl/N-ethyl adjacent to an activating group) is 1. The van der Waals surface area contributed by atoms with E-state index in [1.807, 2.05) is 0 Å². The number of aliphatic imine (C=N–C) groups is 1. The zero-order valence-electron chi connectivity index (χ0n) is 18.2. The largest absolute Gasteiger partial charge is 0.357 e. The Balaban J connectivity index is 2.23. The van der Waals surface area contributed by atoms with Crippen LogP contribution in [0.2, 0.25) is 0 Å². The second-order valence-corrected chi connectivity index (χ2v) is 7.96. The van der Waals surface area contributed by atoms with Gasteiger partial charge in [0.1, 0.15) is 0 Å². The first kappa shape index (κ1) is 23.2. The van der Waals surface area contributed by atoms with Crippen LogP contribution in [0.3, 0.4) is 0 Å². The summed E-state index contributed by atoms with van der Waals surface area (Å²) in [6, 6.07) is 1.15. The van der Waals surface area contributed by atoms with Gasteiger partial charge in [-0.2, -0.15) is 0 Å². The minimum absolute atomic E-state index is 0.575. The molecule has 0 aromatic carbocycles. The summed E-state index contributed by atoms with van der Waals surface area (Å²) in [7, 11) is 2.21. The van der Waals surface area contributed by atoms with Crippen molar-refractivity contribution < 1.29 is 0 Å². The van der Waals surface area contributed by atoms with Gasteiger partial charge in [0.2, 0.25) is 0 Å². The van der Waals surface area contributed by atoms with Crippen molar-refractivity contribution in [3.63, 3.8) is 0 Å². The molecule has 26 heavy (non-hydrogen) atoms. The maximum atomic E-state index is 4.74. The van der Waals surface area contributed by atoms with Crippen LogP contribution in [-0.4, -0.2) is 98.7 Å². The minimum atomic E-state index is 0.575. The molecule has 0 spiro atoms. The van der Waals surface area contributed by atoms with E-state index in [1.165, 1.54) is 39.1 Å². The highest BCUT2D eigenvalue weighted by Gasteiger charge is 2.13. The second kappa shape index (κ2) is 13.3. The van der Waals surface area contributed by atoms with Crippen molar-refractivity contribution in [2.24, 2.45) is 4.99 Å². The number of rotatable bonds is 11. The first-order valence-electron chi connectivity index (χ1n) is 10.6. The standard InChI is InChI=1S/C20H44N6/c1-7-21-20(23-11-13-26(18(2)3)19(4)5)22-10-8-9-12-25-16-14-24(6)15-17-25/h18-19H,7-17H2,1-6H3,(H2,21,22,23). The van der Waals surface area contributed by atoms with Gasteiger partial charge < -0.3 is 20.4 Å². The molecular formula is C20H44N6. The molecule has 0 amide bonds. The predicted molar refractivity (Wildman–Crippen MR) is 114 cm³/mol. The highest BCUT2D eigenvalue weighted by Crippen LogP contribution is 2.03. The van der Waals surface area contributed by atoms with Gasteiger partial charge in [0.25, 0.3) is 0 Å². The van der Waals surface area contributed by atoms with Gasteiger partial charge in [-0.05, 0) is 61.1 Å². The first-order chi connectivity index (χ1) is 12.4. The Morgan fingerprint density at radius 1 is 1.00 bits per heavy atom. The summed E-state index contributed by atoms with van der Waals surface area (Å²) >= 11 is 0. The monoisotopic (exact) mass is 368 g/mol. The molecule has 1 saturated heterocycles. The summed E-state index contributed by atoms with van der Waals surface area (Å²) < 4.78 is 0. The molecule has 0 saturated carbocycles. The van der Waals surface area contributed by atoms with Gasteiger partial charge in [-0.1, -0.05) is 0 Å². The third-order valence-corrected chi connectivity index (χ3v) is 5.08. The highest BCUT2D eigenvalue weighted by molar-refractivity contribution is 5.79. The summed E-state index contributed by atoms with van der Waals surface area (Å²) in [5.41, 5.74) is 0. The molecule has 1 rings (SSSR count). The molecule has 6 nitrogen and oxygen atoms in total. The van der Waals surface area contributed by atoms with Crippen LogP contribution < -0.4 is 10.6 Å². The van der Waals surface area contributed by atoms with E-state index in [1.54, 1.807) is 0 Å². The smallest absolute Gasteiger partial charge is 0.191 e. The van der Waals surface area contributed by atoms with E-state index in [9.17, 15) is 0 Å². The van der Waals surface area contributed by atoms with Crippen LogP contribution in [-0.2, 0) is 0 Å². The Morgan fingerprint density at radius 3 is 2.23 bits per heavy atom. The maximum Gasteiger partial charge on any atom is 0.191 e. The lowest BCUT2D eigenvalue weighted by molar-refractivity contribution is 0.152. The van der Waals surface area contributed by atoms with E-state index >= 15 is 0 Å². The van der Waals surface area contributed by atoms with Gasteiger partial charge in [-0.3, -0.25) is 9.89 Å². The third kappa shape index (κ3) is 9.74. The van der Waals surface area contributed by atoms with E-state index < -0.39 is 0 Å². The van der Waals surface area contributed by atoms with E-state index in [0.717, 1.165) is 38.6 Å². The van der Waals surface area contributed by atoms with Crippen molar-refractivity contribution in [1.29, 1.82) is 0 Å². The predicted octanol–water partition coefficient (Wildman–Crippen LogP) is 1.69. The maximum absolute atomic E-state index is 4.74. The zero-order chi connectivity index (χ0) is 19.4. The highest BCUT2D eigenvalue weighted by atomic mass is 15.2. The van der Waals surface area contributed by atoms with Gasteiger partial charge in [0.15, 0.2) is 5.96 Å². The Hall–Kier alpha value is -0.850. The average Bonchev–Trinajstić information content (AvgIpc) is 2.59. The van der Waals surface area contributed by atoms with Crippen molar-refractivity contribution in [3.8, 4) is 0 Å². The van der Waals surface area contributed by atoms with Crippen LogP contribution in [0, 0.1) is 0 Å². The molecule has 0 aliphatic carbocycles. The summed E-state index contributed by atoms with van der Waals surface area (Å²) in [6.07, 6.45) is 2.40. The molecule has 0 aromatic heterocycles. The minimum Gasteiger partial charge on any atom is -0.357 e. The van der Waals surface area contributed by atoms with Crippen molar-refractivity contribution in [3.05, 3.63) is 0 Å². The molecule has 154 valence electrons. The second-order valence-electron chi connectivity index (χ2n) is 7.96. The number of hydrogen-bond acceptors (Lipinski definition) is 4. The number of piperazine rings is 1. The van der Waals surface area contributed by atoms with E-state index in [2.05, 4.69) is 67.0 Å². The number of nitrogens with zero attached hydrogens (tertiary/aromatic N) is 4. The van der Waals surface area contributed by atoms with E-state index in [4.69, 9.17) is 4.99 Å². The quantitative estimate of drug-likeness (QED) is 0.330. The van der Waals surface area contributed by atoms with Gasteiger partial charge in [-0.15, -0.1) is 0 Å². The van der Waals surface area contributed by atoms with E-state index in [-0.39, 0.29) is 0 Å². The third-order valence-electron chi connectivity index (χ3n) is 5.08. The Kier molecular flexibility index (Phi) is 11.9. The molecule has 1 aliphatic heterocycles. The molecule has 0 radical (unpaired) electrons. The molecular weight excluding hydrogens is 324 g/mol. The summed E-state index contributed by atoms with van der Waals surface area (Å²) in [4.78, 5) is 12.2. The van der Waals surface area contributed by atoms with Crippen molar-refractivity contribution in [1.82, 2.24) is 25.3 Å². The van der Waals surface area contributed by atoms with Crippen LogP contribution in [0.5, 0.6) is 0 Å². The first-order valence-corrected chi connectivity index (χ1v) is 10.6. The molecule has 0 aromatic rings. The van der Waals surface area contributed by atoms with E-state index in [0.29, 0.717) is 12.1 Å². The van der Waals surface area contributed by atoms with Crippen LogP contribution >= 0.6 is 0 Å². The normalized spacial score (nSPS) is 17.5. The lowest BCUT2D eigenvalue weighted by Crippen LogP contribution is -2.45.